The number of hydrazone groups is 1. The molecule has 7 nitrogen and oxygen atoms in total. The number of aliphatic imine (C=N–C) groups is 1. The number of hydrogen-bond acceptors (Lipinski definition) is 5. The summed E-state index contributed by atoms with van der Waals surface area (Å²) in [6.07, 6.45) is 3.76. The van der Waals surface area contributed by atoms with Gasteiger partial charge in [0.1, 0.15) is 17.4 Å². The maximum Gasteiger partial charge on any atom is 0.283 e. The molecule has 0 atom stereocenters. The van der Waals surface area contributed by atoms with Crippen LogP contribution in [0.25, 0.3) is 17.0 Å². The van der Waals surface area contributed by atoms with Gasteiger partial charge in [-0.1, -0.05) is 66.2 Å². The van der Waals surface area contributed by atoms with Crippen molar-refractivity contribution in [3.05, 3.63) is 106 Å². The number of para-hydroxylation sites is 2. The first kappa shape index (κ1) is 24.9. The number of hydrogen-bond donors (Lipinski definition) is 1. The number of nitrogens with zero attached hydrogens (tertiary/aromatic N) is 4. The molecule has 39 heavy (non-hydrogen) atoms. The van der Waals surface area contributed by atoms with E-state index in [1.807, 2.05) is 87.6 Å². The number of fused-ring (bicyclic) bond motifs is 2. The van der Waals surface area contributed by atoms with Gasteiger partial charge in [0.15, 0.2) is 5.84 Å². The standard InChI is InChI=1S/C31H27N5O2S/c1-19-11-13-22(14-12-19)30-34-36-28(32)25(29(37)33-31(36)39-30)17-23-18-35(26-10-5-4-9-24(23)26)15-16-38-27-20(2)7-6-8-21(27)3/h4-14,17-18,32H,15-16H2,1-3H3/b25-17+,32-28?. The fourth-order valence-electron chi connectivity index (χ4n) is 4.81. The summed E-state index contributed by atoms with van der Waals surface area (Å²) in [4.78, 5) is 17.3. The van der Waals surface area contributed by atoms with Crippen molar-refractivity contribution < 1.29 is 9.53 Å². The Labute approximate surface area is 231 Å². The Hall–Kier alpha value is -4.43. The van der Waals surface area contributed by atoms with Gasteiger partial charge in [-0.3, -0.25) is 10.2 Å². The van der Waals surface area contributed by atoms with Gasteiger partial charge < -0.3 is 9.30 Å². The number of carbonyl (C=O) groups is 1. The lowest BCUT2D eigenvalue weighted by Gasteiger charge is -2.20. The molecule has 2 aliphatic heterocycles. The van der Waals surface area contributed by atoms with Crippen molar-refractivity contribution in [2.24, 2.45) is 10.1 Å². The van der Waals surface area contributed by atoms with Crippen LogP contribution in [0.1, 0.15) is 27.8 Å². The highest BCUT2D eigenvalue weighted by molar-refractivity contribution is 8.27. The van der Waals surface area contributed by atoms with E-state index in [2.05, 4.69) is 20.7 Å². The van der Waals surface area contributed by atoms with E-state index in [0.29, 0.717) is 23.4 Å². The monoisotopic (exact) mass is 533 g/mol. The van der Waals surface area contributed by atoms with Crippen molar-refractivity contribution in [3.63, 3.8) is 0 Å². The number of amides is 1. The summed E-state index contributed by atoms with van der Waals surface area (Å²) >= 11 is 1.30. The van der Waals surface area contributed by atoms with Gasteiger partial charge in [0.2, 0.25) is 5.17 Å². The van der Waals surface area contributed by atoms with Gasteiger partial charge in [-0.05, 0) is 55.8 Å². The molecule has 194 valence electrons. The zero-order valence-corrected chi connectivity index (χ0v) is 22.7. The van der Waals surface area contributed by atoms with E-state index in [4.69, 9.17) is 10.1 Å². The van der Waals surface area contributed by atoms with Gasteiger partial charge >= 0.3 is 0 Å². The van der Waals surface area contributed by atoms with Gasteiger partial charge in [0.25, 0.3) is 5.91 Å². The van der Waals surface area contributed by atoms with Crippen LogP contribution < -0.4 is 4.74 Å². The summed E-state index contributed by atoms with van der Waals surface area (Å²) in [6, 6.07) is 22.2. The molecule has 3 aromatic carbocycles. The molecule has 0 saturated heterocycles. The Morgan fingerprint density at radius 2 is 1.72 bits per heavy atom. The van der Waals surface area contributed by atoms with Gasteiger partial charge in [-0.15, -0.1) is 0 Å². The zero-order chi connectivity index (χ0) is 27.1. The zero-order valence-electron chi connectivity index (χ0n) is 21.9. The maximum atomic E-state index is 13.1. The molecule has 0 unspecified atom stereocenters. The minimum Gasteiger partial charge on any atom is -0.491 e. The molecule has 4 aromatic rings. The summed E-state index contributed by atoms with van der Waals surface area (Å²) in [5, 5.41) is 17.0. The van der Waals surface area contributed by atoms with E-state index in [0.717, 1.165) is 44.5 Å². The molecule has 0 aliphatic carbocycles. The molecule has 0 radical (unpaired) electrons. The first-order valence-electron chi connectivity index (χ1n) is 12.7. The van der Waals surface area contributed by atoms with Crippen LogP contribution in [0.2, 0.25) is 0 Å². The van der Waals surface area contributed by atoms with Crippen molar-refractivity contribution in [1.29, 1.82) is 5.41 Å². The Balaban J connectivity index is 1.28. The Kier molecular flexibility index (Phi) is 6.40. The molecule has 0 fully saturated rings. The molecular formula is C31H27N5O2S. The summed E-state index contributed by atoms with van der Waals surface area (Å²) < 4.78 is 8.27. The smallest absolute Gasteiger partial charge is 0.283 e. The van der Waals surface area contributed by atoms with Crippen molar-refractivity contribution in [1.82, 2.24) is 9.58 Å². The van der Waals surface area contributed by atoms with E-state index in [1.54, 1.807) is 6.08 Å². The summed E-state index contributed by atoms with van der Waals surface area (Å²) in [5.74, 6) is 0.504. The fraction of sp³-hybridized carbons (Fsp3) is 0.161. The number of benzene rings is 3. The van der Waals surface area contributed by atoms with Crippen molar-refractivity contribution in [2.75, 3.05) is 6.61 Å². The van der Waals surface area contributed by atoms with Crippen LogP contribution in [0.15, 0.2) is 88.6 Å². The average molecular weight is 534 g/mol. The van der Waals surface area contributed by atoms with Crippen LogP contribution in [0, 0.1) is 26.2 Å². The molecule has 1 aromatic heterocycles. The molecule has 2 aliphatic rings. The molecule has 6 rings (SSSR count). The van der Waals surface area contributed by atoms with E-state index >= 15 is 0 Å². The van der Waals surface area contributed by atoms with Crippen LogP contribution >= 0.6 is 11.8 Å². The van der Waals surface area contributed by atoms with E-state index in [-0.39, 0.29) is 11.4 Å². The van der Waals surface area contributed by atoms with Crippen LogP contribution in [0.5, 0.6) is 5.75 Å². The number of nitrogens with one attached hydrogen (secondary N) is 1. The van der Waals surface area contributed by atoms with Gasteiger partial charge in [0.05, 0.1) is 12.1 Å². The first-order chi connectivity index (χ1) is 18.9. The van der Waals surface area contributed by atoms with E-state index < -0.39 is 5.91 Å². The minimum atomic E-state index is -0.436. The van der Waals surface area contributed by atoms with Crippen LogP contribution in [0.4, 0.5) is 0 Å². The maximum absolute atomic E-state index is 13.1. The van der Waals surface area contributed by atoms with Crippen molar-refractivity contribution >= 4 is 50.7 Å². The quantitative estimate of drug-likeness (QED) is 0.294. The second-order valence-corrected chi connectivity index (χ2v) is 10.6. The molecule has 3 heterocycles. The van der Waals surface area contributed by atoms with Crippen LogP contribution in [-0.4, -0.2) is 38.1 Å². The highest BCUT2D eigenvalue weighted by atomic mass is 32.2. The molecule has 0 spiro atoms. The van der Waals surface area contributed by atoms with Crippen molar-refractivity contribution in [2.45, 2.75) is 27.3 Å². The Bertz CT molecular complexity index is 1710. The number of rotatable bonds is 6. The lowest BCUT2D eigenvalue weighted by atomic mass is 10.1. The first-order valence-corrected chi connectivity index (χ1v) is 13.5. The molecule has 1 N–H and O–H groups in total. The normalized spacial score (nSPS) is 16.1. The van der Waals surface area contributed by atoms with Crippen molar-refractivity contribution in [3.8, 4) is 5.75 Å². The molecular weight excluding hydrogens is 506 g/mol. The van der Waals surface area contributed by atoms with Gasteiger partial charge in [0, 0.05) is 28.2 Å². The number of ether oxygens (including phenoxy) is 1. The lowest BCUT2D eigenvalue weighted by molar-refractivity contribution is -0.114. The highest BCUT2D eigenvalue weighted by Gasteiger charge is 2.36. The number of carbonyl (C=O) groups excluding carboxylic acids is 1. The van der Waals surface area contributed by atoms with Gasteiger partial charge in [-0.2, -0.15) is 15.1 Å². The number of aromatic nitrogens is 1. The average Bonchev–Trinajstić information content (AvgIpc) is 3.50. The summed E-state index contributed by atoms with van der Waals surface area (Å²) in [5.41, 5.74) is 6.40. The largest absolute Gasteiger partial charge is 0.491 e. The predicted octanol–water partition coefficient (Wildman–Crippen LogP) is 6.31. The van der Waals surface area contributed by atoms with Gasteiger partial charge in [-0.25, -0.2) is 0 Å². The molecule has 0 saturated carbocycles. The second-order valence-electron chi connectivity index (χ2n) is 9.66. The fourth-order valence-corrected chi connectivity index (χ4v) is 5.70. The Morgan fingerprint density at radius 1 is 0.974 bits per heavy atom. The SMILES string of the molecule is Cc1ccc(C2=NN3C(=N)/C(=C\c4cn(CCOc5c(C)cccc5C)c5ccccc45)C(=O)N=C3S2)cc1. The highest BCUT2D eigenvalue weighted by Crippen LogP contribution is 2.32. The summed E-state index contributed by atoms with van der Waals surface area (Å²) in [7, 11) is 0. The third kappa shape index (κ3) is 4.68. The van der Waals surface area contributed by atoms with E-state index in [1.165, 1.54) is 16.8 Å². The molecule has 0 bridgehead atoms. The topological polar surface area (TPSA) is 83.0 Å². The molecule has 8 heteroatoms. The number of amidine groups is 2. The van der Waals surface area contributed by atoms with Crippen LogP contribution in [0.3, 0.4) is 0 Å². The summed E-state index contributed by atoms with van der Waals surface area (Å²) in [6.45, 7) is 7.27. The predicted molar refractivity (Wildman–Crippen MR) is 159 cm³/mol. The Morgan fingerprint density at radius 3 is 2.49 bits per heavy atom. The van der Waals surface area contributed by atoms with E-state index in [9.17, 15) is 4.79 Å². The van der Waals surface area contributed by atoms with Crippen LogP contribution in [-0.2, 0) is 11.3 Å². The lowest BCUT2D eigenvalue weighted by Crippen LogP contribution is -2.35. The third-order valence-electron chi connectivity index (χ3n) is 6.86. The number of aryl methyl sites for hydroxylation is 3. The second kappa shape index (κ2) is 10.0. The third-order valence-corrected chi connectivity index (χ3v) is 7.82. The number of thioether (sulfide) groups is 1. The minimum absolute atomic E-state index is 0.0230. The molecule has 1 amide bonds.